The number of hydrogen-bond donors (Lipinski definition) is 1. The topological polar surface area (TPSA) is 28.7 Å². The van der Waals surface area contributed by atoms with E-state index in [1.165, 1.54) is 5.56 Å². The standard InChI is InChI=1S/C6H6N2S2/c9-5-4-1-2-10-6(4)8-3-7-5/h3H,1-2H2,(H,7,8,9). The lowest BCUT2D eigenvalue weighted by Gasteiger charge is -1.93. The Morgan fingerprint density at radius 2 is 2.60 bits per heavy atom. The van der Waals surface area contributed by atoms with E-state index >= 15 is 0 Å². The Morgan fingerprint density at radius 3 is 3.40 bits per heavy atom. The SMILES string of the molecule is S=c1[nH]cnc2c1CCS2. The summed E-state index contributed by atoms with van der Waals surface area (Å²) in [6, 6.07) is 0. The zero-order valence-electron chi connectivity index (χ0n) is 5.26. The van der Waals surface area contributed by atoms with Crippen LogP contribution in [0.15, 0.2) is 11.4 Å². The molecule has 1 N–H and O–H groups in total. The van der Waals surface area contributed by atoms with Crippen molar-refractivity contribution in [2.24, 2.45) is 0 Å². The normalized spacial score (nSPS) is 15.2. The van der Waals surface area contributed by atoms with Crippen LogP contribution >= 0.6 is 24.0 Å². The highest BCUT2D eigenvalue weighted by Gasteiger charge is 2.12. The first-order valence-corrected chi connectivity index (χ1v) is 4.46. The molecule has 2 rings (SSSR count). The van der Waals surface area contributed by atoms with Gasteiger partial charge in [-0.25, -0.2) is 4.98 Å². The van der Waals surface area contributed by atoms with Gasteiger partial charge in [0.2, 0.25) is 0 Å². The fourth-order valence-electron chi connectivity index (χ4n) is 1.01. The summed E-state index contributed by atoms with van der Waals surface area (Å²) in [4.78, 5) is 7.08. The highest BCUT2D eigenvalue weighted by Crippen LogP contribution is 2.28. The number of fused-ring (bicyclic) bond motifs is 1. The quantitative estimate of drug-likeness (QED) is 0.475. The molecule has 0 radical (unpaired) electrons. The van der Waals surface area contributed by atoms with Gasteiger partial charge in [-0.15, -0.1) is 11.8 Å². The minimum atomic E-state index is 0.856. The molecular weight excluding hydrogens is 164 g/mol. The lowest BCUT2D eigenvalue weighted by molar-refractivity contribution is 0.970. The molecule has 0 bridgehead atoms. The predicted molar refractivity (Wildman–Crippen MR) is 43.8 cm³/mol. The number of nitrogens with zero attached hydrogens (tertiary/aromatic N) is 1. The second-order valence-corrected chi connectivity index (χ2v) is 3.61. The lowest BCUT2D eigenvalue weighted by Crippen LogP contribution is -1.87. The van der Waals surface area contributed by atoms with Crippen molar-refractivity contribution < 1.29 is 0 Å². The monoisotopic (exact) mass is 170 g/mol. The second-order valence-electron chi connectivity index (χ2n) is 2.11. The van der Waals surface area contributed by atoms with Gasteiger partial charge < -0.3 is 4.98 Å². The summed E-state index contributed by atoms with van der Waals surface area (Å²) in [5, 5.41) is 1.11. The van der Waals surface area contributed by atoms with Crippen LogP contribution in [0.5, 0.6) is 0 Å². The Morgan fingerprint density at radius 1 is 1.70 bits per heavy atom. The number of hydrogen-bond acceptors (Lipinski definition) is 3. The van der Waals surface area contributed by atoms with E-state index < -0.39 is 0 Å². The maximum Gasteiger partial charge on any atom is 0.110 e. The summed E-state index contributed by atoms with van der Waals surface area (Å²) in [5.74, 6) is 1.13. The van der Waals surface area contributed by atoms with Crippen LogP contribution in [-0.4, -0.2) is 15.7 Å². The summed E-state index contributed by atoms with van der Waals surface area (Å²) >= 11 is 6.85. The number of rotatable bonds is 0. The molecular formula is C6H6N2S2. The molecule has 1 aliphatic heterocycles. The van der Waals surface area contributed by atoms with Gasteiger partial charge >= 0.3 is 0 Å². The summed E-state index contributed by atoms with van der Waals surface area (Å²) in [5.41, 5.74) is 1.22. The van der Waals surface area contributed by atoms with E-state index in [1.54, 1.807) is 18.1 Å². The average molecular weight is 170 g/mol. The highest BCUT2D eigenvalue weighted by atomic mass is 32.2. The molecule has 0 saturated heterocycles. The first-order valence-electron chi connectivity index (χ1n) is 3.07. The Bertz CT molecular complexity index is 305. The first kappa shape index (κ1) is 6.37. The third-order valence-corrected chi connectivity index (χ3v) is 2.90. The van der Waals surface area contributed by atoms with Crippen LogP contribution in [0.25, 0.3) is 0 Å². The molecule has 1 aromatic heterocycles. The van der Waals surface area contributed by atoms with Crippen LogP contribution in [0.1, 0.15) is 5.56 Å². The maximum absolute atomic E-state index is 5.07. The first-order chi connectivity index (χ1) is 4.88. The van der Waals surface area contributed by atoms with E-state index in [2.05, 4.69) is 9.97 Å². The van der Waals surface area contributed by atoms with E-state index in [9.17, 15) is 0 Å². The van der Waals surface area contributed by atoms with E-state index in [1.807, 2.05) is 0 Å². The minimum Gasteiger partial charge on any atom is -0.337 e. The number of nitrogens with one attached hydrogen (secondary N) is 1. The van der Waals surface area contributed by atoms with Crippen molar-refractivity contribution in [2.75, 3.05) is 5.75 Å². The Labute approximate surface area is 68.1 Å². The van der Waals surface area contributed by atoms with E-state index in [0.29, 0.717) is 0 Å². The van der Waals surface area contributed by atoms with Gasteiger partial charge in [0.05, 0.1) is 6.33 Å². The van der Waals surface area contributed by atoms with Gasteiger partial charge in [0.1, 0.15) is 9.67 Å². The second kappa shape index (κ2) is 2.36. The Hall–Kier alpha value is -0.350. The van der Waals surface area contributed by atoms with Gasteiger partial charge in [0.25, 0.3) is 0 Å². The van der Waals surface area contributed by atoms with Crippen LogP contribution in [0.4, 0.5) is 0 Å². The Balaban J connectivity index is 2.70. The molecule has 0 atom stereocenters. The van der Waals surface area contributed by atoms with Crippen LogP contribution in [0, 0.1) is 4.64 Å². The third kappa shape index (κ3) is 0.876. The largest absolute Gasteiger partial charge is 0.337 e. The van der Waals surface area contributed by atoms with Crippen molar-refractivity contribution in [1.29, 1.82) is 0 Å². The van der Waals surface area contributed by atoms with Gasteiger partial charge in [0, 0.05) is 11.3 Å². The van der Waals surface area contributed by atoms with Crippen LogP contribution in [-0.2, 0) is 6.42 Å². The van der Waals surface area contributed by atoms with Crippen molar-refractivity contribution in [3.63, 3.8) is 0 Å². The third-order valence-electron chi connectivity index (χ3n) is 1.50. The Kier molecular flexibility index (Phi) is 1.50. The molecule has 2 nitrogen and oxygen atoms in total. The summed E-state index contributed by atoms with van der Waals surface area (Å²) in [6.07, 6.45) is 2.74. The van der Waals surface area contributed by atoms with E-state index in [4.69, 9.17) is 12.2 Å². The zero-order valence-corrected chi connectivity index (χ0v) is 6.89. The molecule has 10 heavy (non-hydrogen) atoms. The van der Waals surface area contributed by atoms with Crippen molar-refractivity contribution in [1.82, 2.24) is 9.97 Å². The van der Waals surface area contributed by atoms with Gasteiger partial charge in [-0.2, -0.15) is 0 Å². The van der Waals surface area contributed by atoms with Crippen molar-refractivity contribution in [3.8, 4) is 0 Å². The number of aromatic amines is 1. The summed E-state index contributed by atoms with van der Waals surface area (Å²) in [7, 11) is 0. The maximum atomic E-state index is 5.07. The molecule has 0 fully saturated rings. The number of H-pyrrole nitrogens is 1. The molecule has 0 amide bonds. The smallest absolute Gasteiger partial charge is 0.110 e. The molecule has 52 valence electrons. The highest BCUT2D eigenvalue weighted by molar-refractivity contribution is 7.99. The minimum absolute atomic E-state index is 0.856. The molecule has 0 saturated carbocycles. The average Bonchev–Trinajstić information content (AvgIpc) is 2.36. The molecule has 2 heterocycles. The molecule has 0 aromatic carbocycles. The molecule has 1 aromatic rings. The van der Waals surface area contributed by atoms with Crippen molar-refractivity contribution in [2.45, 2.75) is 11.4 Å². The summed E-state index contributed by atoms with van der Waals surface area (Å²) < 4.78 is 0.856. The van der Waals surface area contributed by atoms with Crippen molar-refractivity contribution in [3.05, 3.63) is 16.5 Å². The number of aromatic nitrogens is 2. The molecule has 4 heteroatoms. The lowest BCUT2D eigenvalue weighted by atomic mass is 10.3. The van der Waals surface area contributed by atoms with Crippen molar-refractivity contribution >= 4 is 24.0 Å². The van der Waals surface area contributed by atoms with E-state index in [0.717, 1.165) is 21.8 Å². The predicted octanol–water partition coefficient (Wildman–Crippen LogP) is 1.79. The zero-order chi connectivity index (χ0) is 6.97. The molecule has 0 aliphatic carbocycles. The fraction of sp³-hybridized carbons (Fsp3) is 0.333. The van der Waals surface area contributed by atoms with Crippen LogP contribution in [0.3, 0.4) is 0 Å². The molecule has 1 aliphatic rings. The van der Waals surface area contributed by atoms with Gasteiger partial charge in [-0.1, -0.05) is 12.2 Å². The number of thioether (sulfide) groups is 1. The van der Waals surface area contributed by atoms with Gasteiger partial charge in [-0.05, 0) is 6.42 Å². The van der Waals surface area contributed by atoms with Gasteiger partial charge in [0.15, 0.2) is 0 Å². The fourth-order valence-corrected chi connectivity index (χ4v) is 2.33. The molecule has 0 unspecified atom stereocenters. The van der Waals surface area contributed by atoms with Crippen LogP contribution < -0.4 is 0 Å². The van der Waals surface area contributed by atoms with Gasteiger partial charge in [-0.3, -0.25) is 0 Å². The van der Waals surface area contributed by atoms with Crippen LogP contribution in [0.2, 0.25) is 0 Å². The van der Waals surface area contributed by atoms with E-state index in [-0.39, 0.29) is 0 Å². The summed E-state index contributed by atoms with van der Waals surface area (Å²) in [6.45, 7) is 0. The molecule has 0 spiro atoms.